The molecular weight excluding hydrogens is 279 g/mol. The van der Waals surface area contributed by atoms with Gasteiger partial charge in [0.15, 0.2) is 0 Å². The predicted octanol–water partition coefficient (Wildman–Crippen LogP) is 2.04. The van der Waals surface area contributed by atoms with E-state index in [4.69, 9.17) is 5.73 Å². The molecule has 0 aromatic heterocycles. The van der Waals surface area contributed by atoms with Crippen molar-refractivity contribution < 1.29 is 12.8 Å². The van der Waals surface area contributed by atoms with Gasteiger partial charge in [-0.1, -0.05) is 31.4 Å². The zero-order valence-corrected chi connectivity index (χ0v) is 12.3. The summed E-state index contributed by atoms with van der Waals surface area (Å²) in [6.07, 6.45) is 4.39. The number of halogens is 1. The van der Waals surface area contributed by atoms with E-state index in [1.165, 1.54) is 6.07 Å². The molecule has 0 unspecified atom stereocenters. The Bertz CT molecular complexity index is 554. The van der Waals surface area contributed by atoms with E-state index in [1.807, 2.05) is 0 Å². The lowest BCUT2D eigenvalue weighted by molar-refractivity contribution is 0.477. The summed E-state index contributed by atoms with van der Waals surface area (Å²) in [7, 11) is -3.36. The van der Waals surface area contributed by atoms with Gasteiger partial charge in [-0.05, 0) is 24.5 Å². The molecule has 0 saturated heterocycles. The van der Waals surface area contributed by atoms with Crippen LogP contribution in [0.2, 0.25) is 0 Å². The quantitative estimate of drug-likeness (QED) is 0.874. The molecule has 112 valence electrons. The van der Waals surface area contributed by atoms with Crippen molar-refractivity contribution in [1.82, 2.24) is 4.72 Å². The Kier molecular flexibility index (Phi) is 5.12. The highest BCUT2D eigenvalue weighted by Crippen LogP contribution is 2.23. The van der Waals surface area contributed by atoms with Crippen LogP contribution in [0.25, 0.3) is 0 Å². The first-order valence-electron chi connectivity index (χ1n) is 6.99. The van der Waals surface area contributed by atoms with E-state index in [0.29, 0.717) is 24.0 Å². The summed E-state index contributed by atoms with van der Waals surface area (Å²) >= 11 is 0. The molecule has 0 amide bonds. The normalized spacial score (nSPS) is 17.3. The van der Waals surface area contributed by atoms with Gasteiger partial charge in [-0.15, -0.1) is 0 Å². The molecule has 2 rings (SSSR count). The van der Waals surface area contributed by atoms with E-state index in [9.17, 15) is 12.8 Å². The SMILES string of the molecule is NCc1ccc(CNS(=O)(=O)C2CCCCC2)c(F)c1. The third-order valence-corrected chi connectivity index (χ3v) is 5.70. The summed E-state index contributed by atoms with van der Waals surface area (Å²) in [4.78, 5) is 0. The van der Waals surface area contributed by atoms with Crippen LogP contribution in [0, 0.1) is 5.82 Å². The maximum absolute atomic E-state index is 13.8. The van der Waals surface area contributed by atoms with E-state index in [0.717, 1.165) is 19.3 Å². The van der Waals surface area contributed by atoms with E-state index in [2.05, 4.69) is 4.72 Å². The summed E-state index contributed by atoms with van der Waals surface area (Å²) in [5.74, 6) is -0.417. The van der Waals surface area contributed by atoms with E-state index in [-0.39, 0.29) is 18.3 Å². The fourth-order valence-electron chi connectivity index (χ4n) is 2.53. The minimum Gasteiger partial charge on any atom is -0.326 e. The van der Waals surface area contributed by atoms with Crippen LogP contribution >= 0.6 is 0 Å². The summed E-state index contributed by atoms with van der Waals surface area (Å²) in [5.41, 5.74) is 6.48. The van der Waals surface area contributed by atoms with Crippen molar-refractivity contribution in [3.63, 3.8) is 0 Å². The first kappa shape index (κ1) is 15.4. The molecule has 0 aliphatic heterocycles. The Morgan fingerprint density at radius 2 is 1.95 bits per heavy atom. The molecule has 0 bridgehead atoms. The first-order chi connectivity index (χ1) is 9.53. The minimum atomic E-state index is -3.36. The average Bonchev–Trinajstić information content (AvgIpc) is 2.47. The van der Waals surface area contributed by atoms with Crippen LogP contribution in [-0.2, 0) is 23.1 Å². The Morgan fingerprint density at radius 1 is 1.25 bits per heavy atom. The van der Waals surface area contributed by atoms with E-state index >= 15 is 0 Å². The molecular formula is C14H21FN2O2S. The lowest BCUT2D eigenvalue weighted by Gasteiger charge is -2.22. The Morgan fingerprint density at radius 3 is 2.55 bits per heavy atom. The fraction of sp³-hybridized carbons (Fsp3) is 0.571. The van der Waals surface area contributed by atoms with Crippen LogP contribution in [0.5, 0.6) is 0 Å². The van der Waals surface area contributed by atoms with Gasteiger partial charge >= 0.3 is 0 Å². The number of rotatable bonds is 5. The van der Waals surface area contributed by atoms with Gasteiger partial charge in [0.2, 0.25) is 10.0 Å². The monoisotopic (exact) mass is 300 g/mol. The minimum absolute atomic E-state index is 0.00445. The number of nitrogens with one attached hydrogen (secondary N) is 1. The molecule has 6 heteroatoms. The fourth-order valence-corrected chi connectivity index (χ4v) is 4.08. The molecule has 0 atom stereocenters. The molecule has 20 heavy (non-hydrogen) atoms. The van der Waals surface area contributed by atoms with Crippen molar-refractivity contribution >= 4 is 10.0 Å². The molecule has 0 spiro atoms. The number of nitrogens with two attached hydrogens (primary N) is 1. The smallest absolute Gasteiger partial charge is 0.214 e. The lowest BCUT2D eigenvalue weighted by atomic mass is 10.0. The van der Waals surface area contributed by atoms with Gasteiger partial charge in [0.1, 0.15) is 5.82 Å². The topological polar surface area (TPSA) is 72.2 Å². The van der Waals surface area contributed by atoms with Crippen molar-refractivity contribution in [2.24, 2.45) is 5.73 Å². The van der Waals surface area contributed by atoms with Crippen molar-refractivity contribution in [2.45, 2.75) is 50.4 Å². The molecule has 1 aliphatic carbocycles. The highest BCUT2D eigenvalue weighted by molar-refractivity contribution is 7.90. The van der Waals surface area contributed by atoms with Gasteiger partial charge in [0.05, 0.1) is 5.25 Å². The molecule has 1 aromatic rings. The molecule has 1 aromatic carbocycles. The second-order valence-electron chi connectivity index (χ2n) is 5.26. The predicted molar refractivity (Wildman–Crippen MR) is 76.9 cm³/mol. The van der Waals surface area contributed by atoms with Crippen LogP contribution in [0.15, 0.2) is 18.2 Å². The van der Waals surface area contributed by atoms with Crippen molar-refractivity contribution in [1.29, 1.82) is 0 Å². The lowest BCUT2D eigenvalue weighted by Crippen LogP contribution is -2.35. The molecule has 3 N–H and O–H groups in total. The molecule has 1 aliphatic rings. The van der Waals surface area contributed by atoms with Crippen molar-refractivity contribution in [3.8, 4) is 0 Å². The third-order valence-electron chi connectivity index (χ3n) is 3.81. The van der Waals surface area contributed by atoms with E-state index in [1.54, 1.807) is 12.1 Å². The number of benzene rings is 1. The maximum Gasteiger partial charge on any atom is 0.214 e. The summed E-state index contributed by atoms with van der Waals surface area (Å²) < 4.78 is 40.6. The number of hydrogen-bond donors (Lipinski definition) is 2. The van der Waals surface area contributed by atoms with Gasteiger partial charge in [0.25, 0.3) is 0 Å². The van der Waals surface area contributed by atoms with Crippen LogP contribution in [-0.4, -0.2) is 13.7 Å². The largest absolute Gasteiger partial charge is 0.326 e. The Labute approximate surface area is 119 Å². The molecule has 1 saturated carbocycles. The van der Waals surface area contributed by atoms with Gasteiger partial charge in [-0.2, -0.15) is 0 Å². The van der Waals surface area contributed by atoms with Gasteiger partial charge < -0.3 is 5.73 Å². The van der Waals surface area contributed by atoms with E-state index < -0.39 is 15.8 Å². The van der Waals surface area contributed by atoms with Crippen LogP contribution in [0.4, 0.5) is 4.39 Å². The average molecular weight is 300 g/mol. The molecule has 4 nitrogen and oxygen atoms in total. The highest BCUT2D eigenvalue weighted by atomic mass is 32.2. The van der Waals surface area contributed by atoms with Crippen molar-refractivity contribution in [3.05, 3.63) is 35.1 Å². The summed E-state index contributed by atoms with van der Waals surface area (Å²) in [6, 6.07) is 4.65. The standard InChI is InChI=1S/C14H21FN2O2S/c15-14-8-11(9-16)6-7-12(14)10-17-20(18,19)13-4-2-1-3-5-13/h6-8,13,17H,1-5,9-10,16H2. The number of sulfonamides is 1. The second kappa shape index (κ2) is 6.65. The number of hydrogen-bond acceptors (Lipinski definition) is 3. The third kappa shape index (κ3) is 3.77. The zero-order valence-electron chi connectivity index (χ0n) is 11.4. The Balaban J connectivity index is 2.00. The summed E-state index contributed by atoms with van der Waals surface area (Å²) in [6.45, 7) is 0.264. The van der Waals surface area contributed by atoms with Crippen LogP contribution in [0.1, 0.15) is 43.2 Å². The first-order valence-corrected chi connectivity index (χ1v) is 8.53. The van der Waals surface area contributed by atoms with Crippen LogP contribution in [0.3, 0.4) is 0 Å². The Hall–Kier alpha value is -0.980. The molecule has 0 radical (unpaired) electrons. The van der Waals surface area contributed by atoms with Gasteiger partial charge in [-0.25, -0.2) is 17.5 Å². The maximum atomic E-state index is 13.8. The molecule has 1 fully saturated rings. The highest BCUT2D eigenvalue weighted by Gasteiger charge is 2.26. The second-order valence-corrected chi connectivity index (χ2v) is 7.30. The summed E-state index contributed by atoms with van der Waals surface area (Å²) in [5, 5.41) is -0.331. The van der Waals surface area contributed by atoms with Crippen molar-refractivity contribution in [2.75, 3.05) is 0 Å². The van der Waals surface area contributed by atoms with Gasteiger partial charge in [-0.3, -0.25) is 0 Å². The van der Waals surface area contributed by atoms with Gasteiger partial charge in [0, 0.05) is 18.7 Å². The van der Waals surface area contributed by atoms with Crippen LogP contribution < -0.4 is 10.5 Å². The molecule has 0 heterocycles. The zero-order chi connectivity index (χ0) is 14.6.